The first-order chi connectivity index (χ1) is 12.5. The molecule has 0 aromatic heterocycles. The first kappa shape index (κ1) is 19.1. The monoisotopic (exact) mass is 379 g/mol. The number of rotatable bonds is 3. The molecule has 0 bridgehead atoms. The van der Waals surface area contributed by atoms with Crippen molar-refractivity contribution in [2.45, 2.75) is 39.6 Å². The first-order valence-electron chi connectivity index (χ1n) is 8.45. The third-order valence-electron chi connectivity index (χ3n) is 4.88. The van der Waals surface area contributed by atoms with E-state index in [2.05, 4.69) is 10.1 Å². The predicted octanol–water partition coefficient (Wildman–Crippen LogP) is 5.45. The van der Waals surface area contributed by atoms with Crippen LogP contribution in [-0.2, 0) is 6.42 Å². The van der Waals surface area contributed by atoms with Crippen molar-refractivity contribution in [1.82, 2.24) is 5.32 Å². The number of benzene rings is 2. The van der Waals surface area contributed by atoms with E-state index in [1.54, 1.807) is 19.1 Å². The molecule has 0 saturated carbocycles. The number of alkyl halides is 3. The summed E-state index contributed by atoms with van der Waals surface area (Å²) < 4.78 is 41.3. The lowest BCUT2D eigenvalue weighted by Crippen LogP contribution is -2.34. The highest BCUT2D eigenvalue weighted by molar-refractivity contribution is 5.69. The Morgan fingerprint density at radius 2 is 1.81 bits per heavy atom. The van der Waals surface area contributed by atoms with Gasteiger partial charge in [-0.25, -0.2) is 4.79 Å². The molecule has 4 nitrogen and oxygen atoms in total. The lowest BCUT2D eigenvalue weighted by atomic mass is 9.85. The summed E-state index contributed by atoms with van der Waals surface area (Å²) in [4.78, 5) is 11.1. The van der Waals surface area contributed by atoms with Crippen LogP contribution >= 0.6 is 0 Å². The lowest BCUT2D eigenvalue weighted by molar-refractivity contribution is -0.274. The van der Waals surface area contributed by atoms with E-state index in [4.69, 9.17) is 5.11 Å². The topological polar surface area (TPSA) is 58.6 Å². The Bertz CT molecular complexity index is 891. The Morgan fingerprint density at radius 1 is 1.19 bits per heavy atom. The first-order valence-corrected chi connectivity index (χ1v) is 8.45. The van der Waals surface area contributed by atoms with Crippen molar-refractivity contribution in [3.8, 4) is 16.9 Å². The van der Waals surface area contributed by atoms with Crippen LogP contribution in [0.4, 0.5) is 18.0 Å². The highest BCUT2D eigenvalue weighted by Crippen LogP contribution is 2.46. The Kier molecular flexibility index (Phi) is 4.57. The highest BCUT2D eigenvalue weighted by Gasteiger charge is 2.40. The van der Waals surface area contributed by atoms with Gasteiger partial charge in [-0.1, -0.05) is 38.1 Å². The smallest absolute Gasteiger partial charge is 0.465 e. The molecule has 3 rings (SSSR count). The van der Waals surface area contributed by atoms with Gasteiger partial charge >= 0.3 is 12.5 Å². The van der Waals surface area contributed by atoms with Crippen LogP contribution in [0.25, 0.3) is 11.1 Å². The zero-order chi connectivity index (χ0) is 20.0. The fourth-order valence-corrected chi connectivity index (χ4v) is 3.70. The van der Waals surface area contributed by atoms with Crippen LogP contribution in [0, 0.1) is 12.3 Å². The van der Waals surface area contributed by atoms with E-state index in [0.29, 0.717) is 12.0 Å². The van der Waals surface area contributed by atoms with Gasteiger partial charge in [-0.2, -0.15) is 0 Å². The molecule has 1 aliphatic rings. The molecule has 1 atom stereocenters. The standard InChI is InChI=1S/C20H20F3NO3/c1-11-8-12(5-7-16(11)27-20(21,22)23)13-4-6-15-14(9-13)10-19(2,3)17(15)24-18(25)26/h4-9,17,24H,10H2,1-3H3,(H,25,26). The average molecular weight is 379 g/mol. The van der Waals surface area contributed by atoms with Crippen LogP contribution < -0.4 is 10.1 Å². The minimum atomic E-state index is -4.72. The van der Waals surface area contributed by atoms with E-state index in [1.165, 1.54) is 6.07 Å². The van der Waals surface area contributed by atoms with Gasteiger partial charge in [0.25, 0.3) is 0 Å². The summed E-state index contributed by atoms with van der Waals surface area (Å²) in [6.45, 7) is 5.56. The third-order valence-corrected chi connectivity index (χ3v) is 4.88. The van der Waals surface area contributed by atoms with Gasteiger partial charge in [-0.15, -0.1) is 13.2 Å². The summed E-state index contributed by atoms with van der Waals surface area (Å²) in [5, 5.41) is 11.7. The number of amides is 1. The normalized spacial score (nSPS) is 18.1. The van der Waals surface area contributed by atoms with Crippen LogP contribution in [0.1, 0.15) is 36.6 Å². The van der Waals surface area contributed by atoms with E-state index in [0.717, 1.165) is 22.3 Å². The zero-order valence-corrected chi connectivity index (χ0v) is 15.1. The van der Waals surface area contributed by atoms with Gasteiger partial charge in [0, 0.05) is 0 Å². The van der Waals surface area contributed by atoms with E-state index < -0.39 is 12.5 Å². The summed E-state index contributed by atoms with van der Waals surface area (Å²) in [7, 11) is 0. The van der Waals surface area contributed by atoms with Crippen LogP contribution in [-0.4, -0.2) is 17.6 Å². The summed E-state index contributed by atoms with van der Waals surface area (Å²) >= 11 is 0. The highest BCUT2D eigenvalue weighted by atomic mass is 19.4. The molecule has 0 spiro atoms. The molecule has 27 heavy (non-hydrogen) atoms. The molecule has 1 aliphatic carbocycles. The Morgan fingerprint density at radius 3 is 2.41 bits per heavy atom. The van der Waals surface area contributed by atoms with Crippen LogP contribution in [0.3, 0.4) is 0 Å². The second-order valence-corrected chi connectivity index (χ2v) is 7.49. The van der Waals surface area contributed by atoms with Gasteiger partial charge in [-0.05, 0) is 58.7 Å². The van der Waals surface area contributed by atoms with Crippen molar-refractivity contribution in [2.75, 3.05) is 0 Å². The number of hydrogen-bond acceptors (Lipinski definition) is 2. The Hall–Kier alpha value is -2.70. The predicted molar refractivity (Wildman–Crippen MR) is 94.7 cm³/mol. The van der Waals surface area contributed by atoms with Crippen molar-refractivity contribution < 1.29 is 27.8 Å². The van der Waals surface area contributed by atoms with Crippen molar-refractivity contribution in [3.05, 3.63) is 53.1 Å². The number of nitrogens with one attached hydrogen (secondary N) is 1. The number of aryl methyl sites for hydroxylation is 1. The van der Waals surface area contributed by atoms with E-state index in [-0.39, 0.29) is 17.2 Å². The van der Waals surface area contributed by atoms with Crippen LogP contribution in [0.15, 0.2) is 36.4 Å². The van der Waals surface area contributed by atoms with Crippen molar-refractivity contribution in [1.29, 1.82) is 0 Å². The molecule has 2 N–H and O–H groups in total. The molecule has 1 amide bonds. The Balaban J connectivity index is 1.93. The van der Waals surface area contributed by atoms with Gasteiger partial charge < -0.3 is 15.2 Å². The maximum Gasteiger partial charge on any atom is 0.573 e. The van der Waals surface area contributed by atoms with Gasteiger partial charge in [0.15, 0.2) is 0 Å². The quantitative estimate of drug-likeness (QED) is 0.745. The number of ether oxygens (including phenoxy) is 1. The fourth-order valence-electron chi connectivity index (χ4n) is 3.70. The molecule has 2 aromatic carbocycles. The summed E-state index contributed by atoms with van der Waals surface area (Å²) in [5.74, 6) is -0.223. The lowest BCUT2D eigenvalue weighted by Gasteiger charge is -2.27. The maximum absolute atomic E-state index is 12.4. The van der Waals surface area contributed by atoms with E-state index in [1.807, 2.05) is 32.0 Å². The van der Waals surface area contributed by atoms with Crippen LogP contribution in [0.2, 0.25) is 0 Å². The molecule has 1 unspecified atom stereocenters. The number of halogens is 3. The molecule has 7 heteroatoms. The van der Waals surface area contributed by atoms with Gasteiger partial charge in [0.1, 0.15) is 5.75 Å². The molecule has 144 valence electrons. The third kappa shape index (κ3) is 4.02. The molecule has 0 fully saturated rings. The molecule has 0 radical (unpaired) electrons. The molecule has 0 aliphatic heterocycles. The maximum atomic E-state index is 12.4. The second-order valence-electron chi connectivity index (χ2n) is 7.49. The van der Waals surface area contributed by atoms with Gasteiger partial charge in [0.2, 0.25) is 0 Å². The van der Waals surface area contributed by atoms with Crippen molar-refractivity contribution >= 4 is 6.09 Å². The molecule has 0 saturated heterocycles. The van der Waals surface area contributed by atoms with Gasteiger partial charge in [0.05, 0.1) is 6.04 Å². The summed E-state index contributed by atoms with van der Waals surface area (Å²) in [5.41, 5.74) is 3.72. The van der Waals surface area contributed by atoms with E-state index in [9.17, 15) is 18.0 Å². The second kappa shape index (κ2) is 6.48. The SMILES string of the molecule is Cc1cc(-c2ccc3c(c2)CC(C)(C)C3NC(=O)O)ccc1OC(F)(F)F. The number of hydrogen-bond donors (Lipinski definition) is 2. The summed E-state index contributed by atoms with van der Waals surface area (Å²) in [6.07, 6.45) is -5.09. The molecule has 2 aromatic rings. The van der Waals surface area contributed by atoms with Crippen molar-refractivity contribution in [2.24, 2.45) is 5.41 Å². The van der Waals surface area contributed by atoms with Crippen LogP contribution in [0.5, 0.6) is 5.75 Å². The van der Waals surface area contributed by atoms with Crippen molar-refractivity contribution in [3.63, 3.8) is 0 Å². The summed E-state index contributed by atoms with van der Waals surface area (Å²) in [6, 6.07) is 9.96. The number of carbonyl (C=O) groups is 1. The minimum absolute atomic E-state index is 0.223. The molecular formula is C20H20F3NO3. The van der Waals surface area contributed by atoms with Gasteiger partial charge in [-0.3, -0.25) is 0 Å². The average Bonchev–Trinajstić information content (AvgIpc) is 2.77. The number of fused-ring (bicyclic) bond motifs is 1. The number of carboxylic acid groups (broad SMARTS) is 1. The Labute approximate surface area is 155 Å². The largest absolute Gasteiger partial charge is 0.573 e. The van der Waals surface area contributed by atoms with E-state index >= 15 is 0 Å². The minimum Gasteiger partial charge on any atom is -0.465 e. The molecular weight excluding hydrogens is 359 g/mol. The zero-order valence-electron chi connectivity index (χ0n) is 15.1. The fraction of sp³-hybridized carbons (Fsp3) is 0.350. The molecule has 0 heterocycles.